The number of carbonyl (C=O) groups is 1. The Morgan fingerprint density at radius 2 is 1.88 bits per heavy atom. The van der Waals surface area contributed by atoms with E-state index in [0.29, 0.717) is 11.3 Å². The summed E-state index contributed by atoms with van der Waals surface area (Å²) in [4.78, 5) is 16.3. The second-order valence-corrected chi connectivity index (χ2v) is 7.97. The van der Waals surface area contributed by atoms with Gasteiger partial charge >= 0.3 is 5.97 Å². The molecule has 134 valence electrons. The zero-order chi connectivity index (χ0) is 18.6. The van der Waals surface area contributed by atoms with Crippen molar-refractivity contribution in [3.8, 4) is 11.3 Å². The highest BCUT2D eigenvalue weighted by molar-refractivity contribution is 7.89. The van der Waals surface area contributed by atoms with Crippen molar-refractivity contribution < 1.29 is 22.4 Å². The fourth-order valence-electron chi connectivity index (χ4n) is 2.41. The number of sulfone groups is 1. The highest BCUT2D eigenvalue weighted by Gasteiger charge is 2.13. The third-order valence-corrected chi connectivity index (χ3v) is 4.39. The predicted octanol–water partition coefficient (Wildman–Crippen LogP) is 3.24. The SMILES string of the molecule is CS(=O)(=O)Cc1cccc(C(=O)OCc2ncc(-c3ccccc3)o2)c1. The van der Waals surface area contributed by atoms with Gasteiger partial charge in [-0.3, -0.25) is 0 Å². The van der Waals surface area contributed by atoms with Crippen LogP contribution in [0.4, 0.5) is 0 Å². The molecule has 0 saturated carbocycles. The zero-order valence-corrected chi connectivity index (χ0v) is 14.9. The van der Waals surface area contributed by atoms with Crippen molar-refractivity contribution in [2.24, 2.45) is 0 Å². The minimum atomic E-state index is -3.18. The van der Waals surface area contributed by atoms with E-state index in [9.17, 15) is 13.2 Å². The Morgan fingerprint density at radius 1 is 1.12 bits per heavy atom. The number of hydrogen-bond donors (Lipinski definition) is 0. The molecule has 0 radical (unpaired) electrons. The summed E-state index contributed by atoms with van der Waals surface area (Å²) in [6, 6.07) is 15.8. The average Bonchev–Trinajstić information content (AvgIpc) is 3.08. The van der Waals surface area contributed by atoms with Gasteiger partial charge in [0.05, 0.1) is 17.5 Å². The molecule has 0 amide bonds. The minimum Gasteiger partial charge on any atom is -0.452 e. The summed E-state index contributed by atoms with van der Waals surface area (Å²) in [5.74, 6) is 0.171. The number of esters is 1. The smallest absolute Gasteiger partial charge is 0.338 e. The van der Waals surface area contributed by atoms with Crippen molar-refractivity contribution >= 4 is 15.8 Å². The van der Waals surface area contributed by atoms with Crippen LogP contribution >= 0.6 is 0 Å². The highest BCUT2D eigenvalue weighted by atomic mass is 32.2. The fourth-order valence-corrected chi connectivity index (χ4v) is 3.20. The molecule has 1 heterocycles. The summed E-state index contributed by atoms with van der Waals surface area (Å²) in [7, 11) is -3.18. The molecule has 3 aromatic rings. The Labute approximate surface area is 151 Å². The van der Waals surface area contributed by atoms with Gasteiger partial charge in [0, 0.05) is 11.8 Å². The van der Waals surface area contributed by atoms with Crippen LogP contribution in [-0.4, -0.2) is 25.6 Å². The van der Waals surface area contributed by atoms with Gasteiger partial charge in [0.1, 0.15) is 0 Å². The number of rotatable bonds is 6. The second-order valence-electron chi connectivity index (χ2n) is 5.83. The molecular weight excluding hydrogens is 354 g/mol. The maximum absolute atomic E-state index is 12.2. The quantitative estimate of drug-likeness (QED) is 0.618. The van der Waals surface area contributed by atoms with Crippen LogP contribution in [0.15, 0.2) is 65.2 Å². The molecule has 0 atom stereocenters. The zero-order valence-electron chi connectivity index (χ0n) is 14.1. The average molecular weight is 371 g/mol. The molecule has 0 aliphatic rings. The van der Waals surface area contributed by atoms with E-state index in [-0.39, 0.29) is 23.8 Å². The topological polar surface area (TPSA) is 86.5 Å². The third-order valence-electron chi connectivity index (χ3n) is 3.53. The lowest BCUT2D eigenvalue weighted by Gasteiger charge is -2.05. The molecule has 0 saturated heterocycles. The monoisotopic (exact) mass is 371 g/mol. The number of nitrogens with zero attached hydrogens (tertiary/aromatic N) is 1. The Hall–Kier alpha value is -2.93. The first kappa shape index (κ1) is 17.9. The van der Waals surface area contributed by atoms with Gasteiger partial charge in [0.2, 0.25) is 5.89 Å². The number of benzene rings is 2. The van der Waals surface area contributed by atoms with Crippen LogP contribution in [-0.2, 0) is 26.9 Å². The third kappa shape index (κ3) is 4.80. The van der Waals surface area contributed by atoms with E-state index in [4.69, 9.17) is 9.15 Å². The molecule has 7 heteroatoms. The van der Waals surface area contributed by atoms with Gasteiger partial charge in [-0.25, -0.2) is 18.2 Å². The molecule has 26 heavy (non-hydrogen) atoms. The summed E-state index contributed by atoms with van der Waals surface area (Å²) in [5, 5.41) is 0. The first-order valence-electron chi connectivity index (χ1n) is 7.85. The molecule has 0 bridgehead atoms. The lowest BCUT2D eigenvalue weighted by atomic mass is 10.1. The van der Waals surface area contributed by atoms with E-state index < -0.39 is 15.8 Å². The van der Waals surface area contributed by atoms with Crippen LogP contribution in [0.2, 0.25) is 0 Å². The number of ether oxygens (including phenoxy) is 1. The molecule has 0 aliphatic heterocycles. The molecule has 1 aromatic heterocycles. The number of hydrogen-bond acceptors (Lipinski definition) is 6. The van der Waals surface area contributed by atoms with Crippen molar-refractivity contribution in [2.75, 3.05) is 6.26 Å². The minimum absolute atomic E-state index is 0.109. The van der Waals surface area contributed by atoms with Gasteiger partial charge in [-0.1, -0.05) is 42.5 Å². The van der Waals surface area contributed by atoms with Gasteiger partial charge in [-0.05, 0) is 17.7 Å². The summed E-state index contributed by atoms with van der Waals surface area (Å²) in [6.07, 6.45) is 2.72. The first-order chi connectivity index (χ1) is 12.4. The van der Waals surface area contributed by atoms with E-state index in [1.54, 1.807) is 24.4 Å². The molecule has 0 spiro atoms. The molecule has 0 N–H and O–H groups in total. The summed E-state index contributed by atoms with van der Waals surface area (Å²) >= 11 is 0. The molecule has 6 nitrogen and oxygen atoms in total. The van der Waals surface area contributed by atoms with Crippen molar-refractivity contribution in [2.45, 2.75) is 12.4 Å². The van der Waals surface area contributed by atoms with Gasteiger partial charge < -0.3 is 9.15 Å². The summed E-state index contributed by atoms with van der Waals surface area (Å²) in [6.45, 7) is -0.109. The van der Waals surface area contributed by atoms with Crippen molar-refractivity contribution in [1.29, 1.82) is 0 Å². The number of carbonyl (C=O) groups excluding carboxylic acids is 1. The standard InChI is InChI=1S/C19H17NO5S/c1-26(22,23)13-14-6-5-9-16(10-14)19(21)24-12-18-20-11-17(25-18)15-7-3-2-4-8-15/h2-11H,12-13H2,1H3. The molecule has 0 fully saturated rings. The van der Waals surface area contributed by atoms with Gasteiger partial charge in [-0.15, -0.1) is 0 Å². The van der Waals surface area contributed by atoms with E-state index in [0.717, 1.165) is 11.8 Å². The van der Waals surface area contributed by atoms with E-state index in [1.807, 2.05) is 30.3 Å². The number of aromatic nitrogens is 1. The Kier molecular flexibility index (Phi) is 5.18. The van der Waals surface area contributed by atoms with Crippen LogP contribution in [0.3, 0.4) is 0 Å². The predicted molar refractivity (Wildman–Crippen MR) is 96.0 cm³/mol. The van der Waals surface area contributed by atoms with Crippen LogP contribution in [0.5, 0.6) is 0 Å². The maximum atomic E-state index is 12.2. The Morgan fingerprint density at radius 3 is 2.62 bits per heavy atom. The molecular formula is C19H17NO5S. The molecule has 0 aliphatic carbocycles. The van der Waals surface area contributed by atoms with E-state index in [1.165, 1.54) is 6.07 Å². The van der Waals surface area contributed by atoms with Crippen LogP contribution in [0.25, 0.3) is 11.3 Å². The lowest BCUT2D eigenvalue weighted by Crippen LogP contribution is -2.07. The Balaban J connectivity index is 1.64. The Bertz CT molecular complexity index is 1010. The van der Waals surface area contributed by atoms with Gasteiger partial charge in [0.25, 0.3) is 0 Å². The summed E-state index contributed by atoms with van der Waals surface area (Å²) in [5.41, 5.74) is 1.69. The largest absolute Gasteiger partial charge is 0.452 e. The van der Waals surface area contributed by atoms with Crippen molar-refractivity contribution in [1.82, 2.24) is 4.98 Å². The van der Waals surface area contributed by atoms with Gasteiger partial charge in [-0.2, -0.15) is 0 Å². The van der Waals surface area contributed by atoms with Crippen molar-refractivity contribution in [3.05, 3.63) is 77.8 Å². The second kappa shape index (κ2) is 7.53. The van der Waals surface area contributed by atoms with Crippen LogP contribution in [0, 0.1) is 0 Å². The van der Waals surface area contributed by atoms with E-state index >= 15 is 0 Å². The molecule has 3 rings (SSSR count). The van der Waals surface area contributed by atoms with Crippen molar-refractivity contribution in [3.63, 3.8) is 0 Å². The maximum Gasteiger partial charge on any atom is 0.338 e. The molecule has 2 aromatic carbocycles. The highest BCUT2D eigenvalue weighted by Crippen LogP contribution is 2.20. The van der Waals surface area contributed by atoms with Crippen LogP contribution < -0.4 is 0 Å². The first-order valence-corrected chi connectivity index (χ1v) is 9.91. The van der Waals surface area contributed by atoms with Gasteiger partial charge in [0.15, 0.2) is 22.2 Å². The lowest BCUT2D eigenvalue weighted by molar-refractivity contribution is 0.0439. The van der Waals surface area contributed by atoms with Crippen LogP contribution in [0.1, 0.15) is 21.8 Å². The fraction of sp³-hybridized carbons (Fsp3) is 0.158. The summed E-state index contributed by atoms with van der Waals surface area (Å²) < 4.78 is 33.5. The van der Waals surface area contributed by atoms with E-state index in [2.05, 4.69) is 4.98 Å². The number of oxazole rings is 1. The molecule has 0 unspecified atom stereocenters. The normalized spacial score (nSPS) is 11.3.